The van der Waals surface area contributed by atoms with Crippen LogP contribution in [0.5, 0.6) is 5.75 Å². The lowest BCUT2D eigenvalue weighted by Gasteiger charge is -2.30. The van der Waals surface area contributed by atoms with Crippen molar-refractivity contribution in [1.82, 2.24) is 15.3 Å². The lowest BCUT2D eigenvalue weighted by Crippen LogP contribution is -2.40. The van der Waals surface area contributed by atoms with Crippen LogP contribution in [0.25, 0.3) is 0 Å². The first kappa shape index (κ1) is 19.9. The van der Waals surface area contributed by atoms with Crippen LogP contribution in [0.3, 0.4) is 0 Å². The first-order valence-electron chi connectivity index (χ1n) is 9.69. The fourth-order valence-electron chi connectivity index (χ4n) is 3.42. The molecule has 1 aromatic heterocycles. The highest BCUT2D eigenvalue weighted by molar-refractivity contribution is 5.94. The summed E-state index contributed by atoms with van der Waals surface area (Å²) < 4.78 is 5.14. The topological polar surface area (TPSA) is 79.4 Å². The van der Waals surface area contributed by atoms with Gasteiger partial charge in [0.1, 0.15) is 11.6 Å². The highest BCUT2D eigenvalue weighted by atomic mass is 16.5. The zero-order valence-electron chi connectivity index (χ0n) is 17.0. The van der Waals surface area contributed by atoms with E-state index >= 15 is 0 Å². The average molecular weight is 383 g/mol. The summed E-state index contributed by atoms with van der Waals surface area (Å²) in [6, 6.07) is 9.68. The highest BCUT2D eigenvalue weighted by Gasteiger charge is 2.23. The summed E-state index contributed by atoms with van der Waals surface area (Å²) >= 11 is 0. The lowest BCUT2D eigenvalue weighted by atomic mass is 9.91. The summed E-state index contributed by atoms with van der Waals surface area (Å²) in [6.45, 7) is 1.98. The minimum absolute atomic E-state index is 0.0308. The predicted molar refractivity (Wildman–Crippen MR) is 111 cm³/mol. The zero-order valence-corrected chi connectivity index (χ0v) is 17.0. The van der Waals surface area contributed by atoms with Gasteiger partial charge in [0.2, 0.25) is 5.95 Å². The van der Waals surface area contributed by atoms with Crippen LogP contribution < -0.4 is 20.3 Å². The molecule has 150 valence electrons. The first-order chi connectivity index (χ1) is 13.4. The van der Waals surface area contributed by atoms with Gasteiger partial charge in [-0.3, -0.25) is 4.79 Å². The summed E-state index contributed by atoms with van der Waals surface area (Å²) in [7, 11) is 5.56. The van der Waals surface area contributed by atoms with Crippen LogP contribution in [-0.4, -0.2) is 49.2 Å². The molecule has 0 unspecified atom stereocenters. The van der Waals surface area contributed by atoms with Gasteiger partial charge >= 0.3 is 0 Å². The standard InChI is InChI=1S/C21H29N5O2/c1-14-13-19(26(2)3)25-21(22-14)24-17-9-7-16(8-10-17)23-20(27)15-5-11-18(28-4)12-6-15/h5-6,11-13,16-17H,7-10H2,1-4H3,(H,23,27)(H,22,24,25). The maximum Gasteiger partial charge on any atom is 0.251 e. The van der Waals surface area contributed by atoms with Gasteiger partial charge in [0.15, 0.2) is 0 Å². The number of hydrogen-bond acceptors (Lipinski definition) is 6. The van der Waals surface area contributed by atoms with E-state index in [1.807, 2.05) is 32.0 Å². The van der Waals surface area contributed by atoms with Crippen molar-refractivity contribution in [3.8, 4) is 5.75 Å². The van der Waals surface area contributed by atoms with Crippen LogP contribution >= 0.6 is 0 Å². The number of nitrogens with one attached hydrogen (secondary N) is 2. The number of rotatable bonds is 6. The van der Waals surface area contributed by atoms with Gasteiger partial charge in [0.25, 0.3) is 5.91 Å². The summed E-state index contributed by atoms with van der Waals surface area (Å²) in [5, 5.41) is 6.60. The summed E-state index contributed by atoms with van der Waals surface area (Å²) in [6.07, 6.45) is 3.82. The molecule has 7 nitrogen and oxygen atoms in total. The smallest absolute Gasteiger partial charge is 0.251 e. The Hall–Kier alpha value is -2.83. The molecule has 0 spiro atoms. The van der Waals surface area contributed by atoms with Gasteiger partial charge in [-0.05, 0) is 56.9 Å². The zero-order chi connectivity index (χ0) is 20.1. The van der Waals surface area contributed by atoms with Gasteiger partial charge < -0.3 is 20.3 Å². The Balaban J connectivity index is 1.51. The third-order valence-corrected chi connectivity index (χ3v) is 5.05. The second kappa shape index (κ2) is 8.91. The molecule has 0 atom stereocenters. The van der Waals surface area contributed by atoms with E-state index in [0.29, 0.717) is 17.6 Å². The summed E-state index contributed by atoms with van der Waals surface area (Å²) in [4.78, 5) is 23.5. The molecule has 2 N–H and O–H groups in total. The molecule has 0 aliphatic heterocycles. The number of aromatic nitrogens is 2. The third-order valence-electron chi connectivity index (χ3n) is 5.05. The Bertz CT molecular complexity index is 799. The molecule has 2 aromatic rings. The molecule has 1 aliphatic rings. The van der Waals surface area contributed by atoms with E-state index in [9.17, 15) is 4.79 Å². The maximum atomic E-state index is 12.4. The largest absolute Gasteiger partial charge is 0.497 e. The van der Waals surface area contributed by atoms with Crippen molar-refractivity contribution in [2.24, 2.45) is 0 Å². The molecule has 1 heterocycles. The van der Waals surface area contributed by atoms with E-state index in [0.717, 1.165) is 42.9 Å². The number of carbonyl (C=O) groups is 1. The van der Waals surface area contributed by atoms with Crippen molar-refractivity contribution in [3.05, 3.63) is 41.6 Å². The molecular formula is C21H29N5O2. The van der Waals surface area contributed by atoms with E-state index in [1.54, 1.807) is 31.4 Å². The van der Waals surface area contributed by atoms with Crippen molar-refractivity contribution in [3.63, 3.8) is 0 Å². The SMILES string of the molecule is COc1ccc(C(=O)NC2CCC(Nc3nc(C)cc(N(C)C)n3)CC2)cc1. The molecule has 1 amide bonds. The van der Waals surface area contributed by atoms with Crippen LogP contribution in [0.2, 0.25) is 0 Å². The van der Waals surface area contributed by atoms with Gasteiger partial charge in [-0.25, -0.2) is 4.98 Å². The molecule has 0 radical (unpaired) electrons. The van der Waals surface area contributed by atoms with Crippen molar-refractivity contribution in [2.75, 3.05) is 31.4 Å². The number of amides is 1. The van der Waals surface area contributed by atoms with Crippen LogP contribution in [0.15, 0.2) is 30.3 Å². The molecule has 1 aromatic carbocycles. The van der Waals surface area contributed by atoms with Crippen LogP contribution in [0, 0.1) is 6.92 Å². The summed E-state index contributed by atoms with van der Waals surface area (Å²) in [5.74, 6) is 2.29. The fraction of sp³-hybridized carbons (Fsp3) is 0.476. The van der Waals surface area contributed by atoms with Crippen LogP contribution in [0.4, 0.5) is 11.8 Å². The summed E-state index contributed by atoms with van der Waals surface area (Å²) in [5.41, 5.74) is 1.60. The monoisotopic (exact) mass is 383 g/mol. The number of anilines is 2. The third kappa shape index (κ3) is 5.12. The van der Waals surface area contributed by atoms with Crippen molar-refractivity contribution in [2.45, 2.75) is 44.7 Å². The number of methoxy groups -OCH3 is 1. The maximum absolute atomic E-state index is 12.4. The number of hydrogen-bond donors (Lipinski definition) is 2. The minimum Gasteiger partial charge on any atom is -0.497 e. The quantitative estimate of drug-likeness (QED) is 0.798. The van der Waals surface area contributed by atoms with Gasteiger partial charge in [-0.2, -0.15) is 4.98 Å². The normalized spacial score (nSPS) is 19.0. The number of carbonyl (C=O) groups excluding carboxylic acids is 1. The Morgan fingerprint density at radius 1 is 1.07 bits per heavy atom. The second-order valence-corrected chi connectivity index (χ2v) is 7.48. The second-order valence-electron chi connectivity index (χ2n) is 7.48. The van der Waals surface area contributed by atoms with Crippen molar-refractivity contribution in [1.29, 1.82) is 0 Å². The Morgan fingerprint density at radius 2 is 1.71 bits per heavy atom. The highest BCUT2D eigenvalue weighted by Crippen LogP contribution is 2.23. The van der Waals surface area contributed by atoms with E-state index in [2.05, 4.69) is 20.6 Å². The van der Waals surface area contributed by atoms with Crippen LogP contribution in [0.1, 0.15) is 41.7 Å². The molecule has 0 saturated heterocycles. The Morgan fingerprint density at radius 3 is 2.32 bits per heavy atom. The number of benzene rings is 1. The lowest BCUT2D eigenvalue weighted by molar-refractivity contribution is 0.0926. The minimum atomic E-state index is -0.0308. The van der Waals surface area contributed by atoms with Gasteiger partial charge in [0.05, 0.1) is 7.11 Å². The van der Waals surface area contributed by atoms with Gasteiger partial charge in [-0.15, -0.1) is 0 Å². The number of nitrogens with zero attached hydrogens (tertiary/aromatic N) is 3. The van der Waals surface area contributed by atoms with Crippen molar-refractivity contribution < 1.29 is 9.53 Å². The Labute approximate surface area is 166 Å². The number of aryl methyl sites for hydroxylation is 1. The van der Waals surface area contributed by atoms with Gasteiger partial charge in [0, 0.05) is 43.5 Å². The fourth-order valence-corrected chi connectivity index (χ4v) is 3.42. The van der Waals surface area contributed by atoms with E-state index in [-0.39, 0.29) is 11.9 Å². The number of ether oxygens (including phenoxy) is 1. The van der Waals surface area contributed by atoms with E-state index in [1.165, 1.54) is 0 Å². The average Bonchev–Trinajstić information content (AvgIpc) is 2.69. The first-order valence-corrected chi connectivity index (χ1v) is 9.69. The molecule has 0 bridgehead atoms. The molecule has 1 fully saturated rings. The predicted octanol–water partition coefficient (Wildman–Crippen LogP) is 3.01. The van der Waals surface area contributed by atoms with Gasteiger partial charge in [-0.1, -0.05) is 0 Å². The van der Waals surface area contributed by atoms with Crippen LogP contribution in [-0.2, 0) is 0 Å². The molecule has 1 saturated carbocycles. The molecule has 3 rings (SSSR count). The molecule has 28 heavy (non-hydrogen) atoms. The molecular weight excluding hydrogens is 354 g/mol. The van der Waals surface area contributed by atoms with E-state index < -0.39 is 0 Å². The van der Waals surface area contributed by atoms with E-state index in [4.69, 9.17) is 4.74 Å². The van der Waals surface area contributed by atoms with Crippen molar-refractivity contribution >= 4 is 17.7 Å². The Kier molecular flexibility index (Phi) is 6.34. The molecule has 7 heteroatoms. The molecule has 1 aliphatic carbocycles.